The van der Waals surface area contributed by atoms with Gasteiger partial charge < -0.3 is 16.0 Å². The van der Waals surface area contributed by atoms with Crippen molar-refractivity contribution in [2.75, 3.05) is 32.7 Å². The predicted molar refractivity (Wildman–Crippen MR) is 178 cm³/mol. The van der Waals surface area contributed by atoms with E-state index < -0.39 is 17.6 Å². The highest BCUT2D eigenvalue weighted by atomic mass is 35.5. The van der Waals surface area contributed by atoms with E-state index in [9.17, 15) is 19.2 Å². The molecule has 2 aromatic carbocycles. The molecule has 0 aromatic heterocycles. The van der Waals surface area contributed by atoms with Crippen LogP contribution in [0.4, 0.5) is 0 Å². The summed E-state index contributed by atoms with van der Waals surface area (Å²) in [7, 11) is 0. The third kappa shape index (κ3) is 7.62. The highest BCUT2D eigenvalue weighted by Gasteiger charge is 2.49. The third-order valence-corrected chi connectivity index (χ3v) is 10.2. The molecule has 248 valence electrons. The first-order chi connectivity index (χ1) is 22.2. The predicted octanol–water partition coefficient (Wildman–Crippen LogP) is 3.90. The van der Waals surface area contributed by atoms with Crippen LogP contribution in [0.1, 0.15) is 85.1 Å². The number of rotatable bonds is 13. The van der Waals surface area contributed by atoms with E-state index in [1.54, 1.807) is 31.2 Å². The molecule has 5 rings (SSSR count). The number of hydrazine groups is 1. The molecule has 2 heterocycles. The minimum atomic E-state index is -0.778. The van der Waals surface area contributed by atoms with Crippen LogP contribution in [0.2, 0.25) is 5.02 Å². The quantitative estimate of drug-likeness (QED) is 0.192. The van der Waals surface area contributed by atoms with Crippen LogP contribution in [0.25, 0.3) is 0 Å². The second kappa shape index (κ2) is 15.5. The second-order valence-electron chi connectivity index (χ2n) is 12.8. The third-order valence-electron chi connectivity index (χ3n) is 9.93. The van der Waals surface area contributed by atoms with Gasteiger partial charge in [-0.25, -0.2) is 5.01 Å². The Hall–Kier alpha value is -3.31. The van der Waals surface area contributed by atoms with Crippen LogP contribution in [0.3, 0.4) is 0 Å². The number of likely N-dealkylation sites (N-methyl/N-ethyl adjacent to an activating group) is 1. The fraction of sp³-hybridized carbons (Fsp3) is 0.543. The number of hydrogen-bond donors (Lipinski definition) is 4. The van der Waals surface area contributed by atoms with Gasteiger partial charge in [0.15, 0.2) is 0 Å². The summed E-state index contributed by atoms with van der Waals surface area (Å²) in [6, 6.07) is 13.9. The van der Waals surface area contributed by atoms with E-state index in [4.69, 9.17) is 11.6 Å². The maximum absolute atomic E-state index is 14.2. The van der Waals surface area contributed by atoms with Gasteiger partial charge in [0.2, 0.25) is 5.91 Å². The smallest absolute Gasteiger partial charge is 0.263 e. The zero-order valence-corrected chi connectivity index (χ0v) is 27.7. The highest BCUT2D eigenvalue weighted by molar-refractivity contribution is 6.30. The molecule has 2 atom stereocenters. The molecule has 0 spiro atoms. The number of nitrogens with one attached hydrogen (secondary N) is 4. The van der Waals surface area contributed by atoms with Crippen molar-refractivity contribution in [1.82, 2.24) is 31.3 Å². The lowest BCUT2D eigenvalue weighted by molar-refractivity contribution is -0.142. The van der Waals surface area contributed by atoms with Gasteiger partial charge in [-0.15, -0.1) is 0 Å². The number of nitrogens with zero attached hydrogens (tertiary/aromatic N) is 2. The first-order valence-corrected chi connectivity index (χ1v) is 17.1. The topological polar surface area (TPSA) is 123 Å². The maximum Gasteiger partial charge on any atom is 0.263 e. The Balaban J connectivity index is 1.24. The number of piperidine rings is 1. The molecule has 1 aliphatic carbocycles. The van der Waals surface area contributed by atoms with Gasteiger partial charge in [-0.3, -0.25) is 29.5 Å². The second-order valence-corrected chi connectivity index (χ2v) is 13.3. The molecule has 1 unspecified atom stereocenters. The van der Waals surface area contributed by atoms with E-state index in [0.717, 1.165) is 55.7 Å². The van der Waals surface area contributed by atoms with Gasteiger partial charge in [-0.2, -0.15) is 0 Å². The molecule has 1 saturated heterocycles. The van der Waals surface area contributed by atoms with Crippen molar-refractivity contribution in [2.24, 2.45) is 11.3 Å². The van der Waals surface area contributed by atoms with Crippen LogP contribution >= 0.6 is 11.6 Å². The van der Waals surface area contributed by atoms with Crippen LogP contribution in [0.5, 0.6) is 0 Å². The van der Waals surface area contributed by atoms with Crippen molar-refractivity contribution >= 4 is 35.2 Å². The molecule has 1 saturated carbocycles. The number of carbonyl (C=O) groups excluding carboxylic acids is 4. The summed E-state index contributed by atoms with van der Waals surface area (Å²) in [6.45, 7) is 7.07. The van der Waals surface area contributed by atoms with Crippen molar-refractivity contribution in [2.45, 2.75) is 77.4 Å². The maximum atomic E-state index is 14.2. The number of fused-ring (bicyclic) bond motifs is 1. The first kappa shape index (κ1) is 34.0. The van der Waals surface area contributed by atoms with E-state index in [0.29, 0.717) is 55.0 Å². The Morgan fingerprint density at radius 2 is 1.57 bits per heavy atom. The molecule has 2 aromatic rings. The van der Waals surface area contributed by atoms with Crippen LogP contribution in [-0.4, -0.2) is 78.5 Å². The summed E-state index contributed by atoms with van der Waals surface area (Å²) in [5, 5.41) is 12.4. The summed E-state index contributed by atoms with van der Waals surface area (Å²) < 4.78 is 0. The van der Waals surface area contributed by atoms with Crippen LogP contribution in [-0.2, 0) is 16.0 Å². The highest BCUT2D eigenvalue weighted by Crippen LogP contribution is 2.46. The summed E-state index contributed by atoms with van der Waals surface area (Å²) in [4.78, 5) is 55.2. The lowest BCUT2D eigenvalue weighted by Gasteiger charge is -2.47. The van der Waals surface area contributed by atoms with Crippen molar-refractivity contribution in [1.29, 1.82) is 0 Å². The van der Waals surface area contributed by atoms with Gasteiger partial charge in [-0.1, -0.05) is 62.1 Å². The lowest BCUT2D eigenvalue weighted by atomic mass is 9.63. The Bertz CT molecular complexity index is 1350. The number of imide groups is 1. The van der Waals surface area contributed by atoms with E-state index in [-0.39, 0.29) is 29.5 Å². The van der Waals surface area contributed by atoms with Gasteiger partial charge in [0.1, 0.15) is 6.17 Å². The normalized spacial score (nSPS) is 19.8. The Morgan fingerprint density at radius 3 is 2.17 bits per heavy atom. The molecule has 11 heteroatoms. The Morgan fingerprint density at radius 1 is 0.935 bits per heavy atom. The van der Waals surface area contributed by atoms with Crippen molar-refractivity contribution in [3.8, 4) is 0 Å². The molecule has 10 nitrogen and oxygen atoms in total. The minimum Gasteiger partial charge on any atom is -0.335 e. The SMILES string of the molecule is CCNCCN[C@H](Cc1ccc(Cl)cc1)C(=O)NN1CCC(C(=O)NC(C)N2C(=O)c3ccccc3C2=O)(C2CCCCC2)CC1. The average Bonchev–Trinajstić information content (AvgIpc) is 3.33. The van der Waals surface area contributed by atoms with Crippen molar-refractivity contribution < 1.29 is 19.2 Å². The molecular formula is C35H47ClN6O4. The summed E-state index contributed by atoms with van der Waals surface area (Å²) in [6.07, 6.45) is 6.17. The molecule has 2 aliphatic heterocycles. The van der Waals surface area contributed by atoms with Gasteiger partial charge in [0, 0.05) is 31.2 Å². The first-order valence-electron chi connectivity index (χ1n) is 16.8. The number of amides is 4. The standard InChI is InChI=1S/C35H47ClN6O4/c1-3-37-19-20-38-30(23-25-13-15-27(36)16-14-25)31(43)40-41-21-17-35(18-22-41,26-9-5-4-6-10-26)34(46)39-24(2)42-32(44)28-11-7-8-12-29(28)33(42)45/h7-8,11-16,24,26,30,37-38H,3-6,9-10,17-23H2,1-2H3,(H,39,46)(H,40,43)/t24?,30-/m1/s1. The van der Waals surface area contributed by atoms with Crippen molar-refractivity contribution in [3.63, 3.8) is 0 Å². The van der Waals surface area contributed by atoms with Gasteiger partial charge in [0.05, 0.1) is 22.6 Å². The van der Waals surface area contributed by atoms with Crippen LogP contribution < -0.4 is 21.4 Å². The zero-order chi connectivity index (χ0) is 32.7. The van der Waals surface area contributed by atoms with E-state index in [1.807, 2.05) is 36.2 Å². The minimum absolute atomic E-state index is 0.111. The van der Waals surface area contributed by atoms with Gasteiger partial charge in [-0.05, 0) is 81.3 Å². The number of halogens is 1. The van der Waals surface area contributed by atoms with E-state index >= 15 is 0 Å². The van der Waals surface area contributed by atoms with Crippen molar-refractivity contribution in [3.05, 3.63) is 70.2 Å². The molecular weight excluding hydrogens is 604 g/mol. The fourth-order valence-corrected chi connectivity index (χ4v) is 7.44. The number of hydrogen-bond acceptors (Lipinski definition) is 7. The molecule has 3 aliphatic rings. The monoisotopic (exact) mass is 650 g/mol. The Kier molecular flexibility index (Phi) is 11.5. The average molecular weight is 651 g/mol. The Labute approximate surface area is 277 Å². The molecule has 46 heavy (non-hydrogen) atoms. The van der Waals surface area contributed by atoms with Gasteiger partial charge in [0.25, 0.3) is 17.7 Å². The lowest BCUT2D eigenvalue weighted by Crippen LogP contribution is -2.60. The van der Waals surface area contributed by atoms with E-state index in [1.165, 1.54) is 0 Å². The number of benzene rings is 2. The zero-order valence-electron chi connectivity index (χ0n) is 26.9. The number of carbonyl (C=O) groups is 4. The van der Waals surface area contributed by atoms with Crippen LogP contribution in [0, 0.1) is 11.3 Å². The van der Waals surface area contributed by atoms with E-state index in [2.05, 4.69) is 21.4 Å². The van der Waals surface area contributed by atoms with Crippen LogP contribution in [0.15, 0.2) is 48.5 Å². The summed E-state index contributed by atoms with van der Waals surface area (Å²) in [5.74, 6) is -0.783. The molecule has 0 bridgehead atoms. The summed E-state index contributed by atoms with van der Waals surface area (Å²) in [5.41, 5.74) is 4.24. The fourth-order valence-electron chi connectivity index (χ4n) is 7.31. The molecule has 0 radical (unpaired) electrons. The van der Waals surface area contributed by atoms with Gasteiger partial charge >= 0.3 is 0 Å². The largest absolute Gasteiger partial charge is 0.335 e. The summed E-state index contributed by atoms with van der Waals surface area (Å²) >= 11 is 6.08. The molecule has 2 fully saturated rings. The molecule has 4 N–H and O–H groups in total. The molecule has 4 amide bonds.